The van der Waals surface area contributed by atoms with Gasteiger partial charge in [0, 0.05) is 12.2 Å². The smallest absolute Gasteiger partial charge is 0.238 e. The summed E-state index contributed by atoms with van der Waals surface area (Å²) >= 11 is 0. The van der Waals surface area contributed by atoms with Gasteiger partial charge < -0.3 is 9.73 Å². The molecule has 3 aromatic rings. The van der Waals surface area contributed by atoms with Crippen molar-refractivity contribution >= 4 is 21.6 Å². The van der Waals surface area contributed by atoms with Crippen LogP contribution in [-0.4, -0.2) is 25.8 Å². The fourth-order valence-corrected chi connectivity index (χ4v) is 3.28. The Morgan fingerprint density at radius 2 is 1.68 bits per heavy atom. The highest BCUT2D eigenvalue weighted by Gasteiger charge is 2.14. The second-order valence-corrected chi connectivity index (χ2v) is 7.89. The van der Waals surface area contributed by atoms with E-state index in [1.54, 1.807) is 6.26 Å². The Morgan fingerprint density at radius 1 is 0.964 bits per heavy atom. The molecule has 0 spiro atoms. The Morgan fingerprint density at radius 3 is 2.29 bits per heavy atom. The molecule has 8 heteroatoms. The Bertz CT molecular complexity index is 1000. The number of rotatable bonds is 8. The van der Waals surface area contributed by atoms with Gasteiger partial charge in [-0.05, 0) is 42.0 Å². The van der Waals surface area contributed by atoms with Crippen molar-refractivity contribution in [1.82, 2.24) is 4.90 Å². The summed E-state index contributed by atoms with van der Waals surface area (Å²) in [6.45, 7) is 1.21. The fraction of sp³-hybridized carbons (Fsp3) is 0.150. The summed E-state index contributed by atoms with van der Waals surface area (Å²) in [6.07, 6.45) is 1.60. The van der Waals surface area contributed by atoms with Crippen LogP contribution in [0.4, 0.5) is 5.69 Å². The van der Waals surface area contributed by atoms with Gasteiger partial charge in [0.1, 0.15) is 5.76 Å². The monoisotopic (exact) mass is 399 g/mol. The molecule has 0 aliphatic heterocycles. The first-order valence-electron chi connectivity index (χ1n) is 8.61. The summed E-state index contributed by atoms with van der Waals surface area (Å²) in [5.41, 5.74) is 1.58. The van der Waals surface area contributed by atoms with E-state index < -0.39 is 10.0 Å². The number of benzene rings is 2. The van der Waals surface area contributed by atoms with Gasteiger partial charge in [0.25, 0.3) is 0 Å². The summed E-state index contributed by atoms with van der Waals surface area (Å²) in [7, 11) is -3.76. The third-order valence-electron chi connectivity index (χ3n) is 4.04. The number of hydrogen-bond donors (Lipinski definition) is 2. The summed E-state index contributed by atoms with van der Waals surface area (Å²) < 4.78 is 28.0. The molecule has 1 amide bonds. The van der Waals surface area contributed by atoms with Crippen LogP contribution in [0.5, 0.6) is 0 Å². The highest BCUT2D eigenvalue weighted by Crippen LogP contribution is 2.14. The number of anilines is 1. The minimum absolute atomic E-state index is 0.00553. The number of nitrogens with two attached hydrogens (primary N) is 1. The van der Waals surface area contributed by atoms with Gasteiger partial charge in [-0.2, -0.15) is 0 Å². The van der Waals surface area contributed by atoms with Gasteiger partial charge in [0.2, 0.25) is 15.9 Å². The predicted octanol–water partition coefficient (Wildman–Crippen LogP) is 2.57. The zero-order chi connectivity index (χ0) is 20.0. The summed E-state index contributed by atoms with van der Waals surface area (Å²) in [5.74, 6) is 0.548. The van der Waals surface area contributed by atoms with Gasteiger partial charge >= 0.3 is 0 Å². The minimum Gasteiger partial charge on any atom is -0.468 e. The van der Waals surface area contributed by atoms with Crippen LogP contribution in [0.25, 0.3) is 0 Å². The van der Waals surface area contributed by atoms with Gasteiger partial charge in [-0.1, -0.05) is 30.3 Å². The van der Waals surface area contributed by atoms with E-state index in [-0.39, 0.29) is 17.3 Å². The molecule has 1 aromatic heterocycles. The maximum Gasteiger partial charge on any atom is 0.238 e. The van der Waals surface area contributed by atoms with E-state index in [4.69, 9.17) is 9.56 Å². The van der Waals surface area contributed by atoms with Crippen LogP contribution < -0.4 is 10.5 Å². The van der Waals surface area contributed by atoms with Crippen molar-refractivity contribution in [2.45, 2.75) is 18.0 Å². The molecule has 0 saturated heterocycles. The van der Waals surface area contributed by atoms with Crippen LogP contribution in [0.2, 0.25) is 0 Å². The van der Waals surface area contributed by atoms with Gasteiger partial charge in [-0.25, -0.2) is 13.6 Å². The fourth-order valence-electron chi connectivity index (χ4n) is 2.76. The molecule has 2 aromatic carbocycles. The third kappa shape index (κ3) is 5.78. The number of carbonyl (C=O) groups excluding carboxylic acids is 1. The molecule has 0 saturated carbocycles. The SMILES string of the molecule is NS(=O)(=O)c1ccc(NC(=O)CN(Cc2ccccc2)Cc2ccco2)cc1. The van der Waals surface area contributed by atoms with Crippen LogP contribution in [0, 0.1) is 0 Å². The van der Waals surface area contributed by atoms with E-state index in [0.29, 0.717) is 18.8 Å². The Kier molecular flexibility index (Phi) is 6.25. The van der Waals surface area contributed by atoms with Crippen molar-refractivity contribution in [3.63, 3.8) is 0 Å². The number of carbonyl (C=O) groups is 1. The van der Waals surface area contributed by atoms with E-state index in [2.05, 4.69) is 5.32 Å². The maximum absolute atomic E-state index is 12.5. The Balaban J connectivity index is 1.66. The number of furan rings is 1. The standard InChI is InChI=1S/C20H21N3O4S/c21-28(25,26)19-10-8-17(9-11-19)22-20(24)15-23(14-18-7-4-12-27-18)13-16-5-2-1-3-6-16/h1-12H,13-15H2,(H,22,24)(H2,21,25,26). The molecular formula is C20H21N3O4S. The molecule has 0 bridgehead atoms. The van der Waals surface area contributed by atoms with E-state index in [1.807, 2.05) is 47.4 Å². The predicted molar refractivity (Wildman–Crippen MR) is 106 cm³/mol. The normalized spacial score (nSPS) is 11.5. The Hall–Kier alpha value is -2.94. The van der Waals surface area contributed by atoms with Crippen molar-refractivity contribution < 1.29 is 17.6 Å². The largest absolute Gasteiger partial charge is 0.468 e. The molecule has 0 unspecified atom stereocenters. The topological polar surface area (TPSA) is 106 Å². The van der Waals surface area contributed by atoms with E-state index >= 15 is 0 Å². The minimum atomic E-state index is -3.76. The molecule has 3 rings (SSSR count). The lowest BCUT2D eigenvalue weighted by Crippen LogP contribution is -2.32. The molecule has 7 nitrogen and oxygen atoms in total. The molecule has 3 N–H and O–H groups in total. The summed E-state index contributed by atoms with van der Waals surface area (Å²) in [5, 5.41) is 7.85. The lowest BCUT2D eigenvalue weighted by molar-refractivity contribution is -0.117. The van der Waals surface area contributed by atoms with E-state index in [1.165, 1.54) is 24.3 Å². The van der Waals surface area contributed by atoms with Crippen molar-refractivity contribution in [3.8, 4) is 0 Å². The number of nitrogens with zero attached hydrogens (tertiary/aromatic N) is 1. The summed E-state index contributed by atoms with van der Waals surface area (Å²) in [6, 6.07) is 19.2. The van der Waals surface area contributed by atoms with E-state index in [0.717, 1.165) is 11.3 Å². The molecule has 0 fully saturated rings. The van der Waals surface area contributed by atoms with Gasteiger partial charge in [0.15, 0.2) is 0 Å². The number of primary sulfonamides is 1. The number of amides is 1. The van der Waals surface area contributed by atoms with Crippen molar-refractivity contribution in [1.29, 1.82) is 0 Å². The van der Waals surface area contributed by atoms with Crippen LogP contribution >= 0.6 is 0 Å². The zero-order valence-corrected chi connectivity index (χ0v) is 15.9. The average molecular weight is 399 g/mol. The zero-order valence-electron chi connectivity index (χ0n) is 15.1. The van der Waals surface area contributed by atoms with Gasteiger partial charge in [-0.15, -0.1) is 0 Å². The molecule has 0 aliphatic rings. The quantitative estimate of drug-likeness (QED) is 0.606. The molecular weight excluding hydrogens is 378 g/mol. The Labute approximate surface area is 163 Å². The highest BCUT2D eigenvalue weighted by atomic mass is 32.2. The van der Waals surface area contributed by atoms with Crippen molar-refractivity contribution in [2.24, 2.45) is 5.14 Å². The molecule has 146 valence electrons. The molecule has 0 aliphatic carbocycles. The van der Waals surface area contributed by atoms with Crippen molar-refractivity contribution in [2.75, 3.05) is 11.9 Å². The average Bonchev–Trinajstić information content (AvgIpc) is 3.15. The summed E-state index contributed by atoms with van der Waals surface area (Å²) in [4.78, 5) is 14.5. The molecule has 0 radical (unpaired) electrons. The first-order valence-corrected chi connectivity index (χ1v) is 10.2. The molecule has 1 heterocycles. The second kappa shape index (κ2) is 8.83. The second-order valence-electron chi connectivity index (χ2n) is 6.33. The van der Waals surface area contributed by atoms with Crippen LogP contribution in [0.1, 0.15) is 11.3 Å². The van der Waals surface area contributed by atoms with E-state index in [9.17, 15) is 13.2 Å². The van der Waals surface area contributed by atoms with Crippen molar-refractivity contribution in [3.05, 3.63) is 84.3 Å². The third-order valence-corrected chi connectivity index (χ3v) is 4.97. The van der Waals surface area contributed by atoms with Crippen LogP contribution in [0.15, 0.2) is 82.3 Å². The lowest BCUT2D eigenvalue weighted by Gasteiger charge is -2.21. The number of nitrogens with one attached hydrogen (secondary N) is 1. The van der Waals surface area contributed by atoms with Gasteiger partial charge in [0.05, 0.1) is 24.2 Å². The molecule has 28 heavy (non-hydrogen) atoms. The molecule has 0 atom stereocenters. The maximum atomic E-state index is 12.5. The van der Waals surface area contributed by atoms with Crippen LogP contribution in [0.3, 0.4) is 0 Å². The highest BCUT2D eigenvalue weighted by molar-refractivity contribution is 7.89. The first kappa shape index (κ1) is 19.8. The van der Waals surface area contributed by atoms with Gasteiger partial charge in [-0.3, -0.25) is 9.69 Å². The number of hydrogen-bond acceptors (Lipinski definition) is 5. The van der Waals surface area contributed by atoms with Crippen LogP contribution in [-0.2, 0) is 27.9 Å². The number of sulfonamides is 1. The lowest BCUT2D eigenvalue weighted by atomic mass is 10.2. The first-order chi connectivity index (χ1) is 13.4.